The van der Waals surface area contributed by atoms with Crippen molar-refractivity contribution in [2.75, 3.05) is 7.11 Å². The lowest BCUT2D eigenvalue weighted by atomic mass is 9.53. The van der Waals surface area contributed by atoms with Gasteiger partial charge in [-0.05, 0) is 32.1 Å². The van der Waals surface area contributed by atoms with Gasteiger partial charge in [-0.2, -0.15) is 0 Å². The highest BCUT2D eigenvalue weighted by molar-refractivity contribution is 5.91. The van der Waals surface area contributed by atoms with Crippen LogP contribution >= 0.6 is 0 Å². The van der Waals surface area contributed by atoms with E-state index in [2.05, 4.69) is 19.1 Å². The summed E-state index contributed by atoms with van der Waals surface area (Å²) in [7, 11) is 1.80. The molecule has 2 aliphatic rings. The van der Waals surface area contributed by atoms with Gasteiger partial charge in [-0.15, -0.1) is 0 Å². The van der Waals surface area contributed by atoms with E-state index >= 15 is 0 Å². The molecular formula is C19H32O2. The average molecular weight is 292 g/mol. The first kappa shape index (κ1) is 16.7. The minimum Gasteiger partial charge on any atom is -0.377 e. The third-order valence-corrected chi connectivity index (χ3v) is 5.67. The summed E-state index contributed by atoms with van der Waals surface area (Å²) in [5.74, 6) is 0.926. The van der Waals surface area contributed by atoms with Gasteiger partial charge in [0, 0.05) is 24.9 Å². The van der Waals surface area contributed by atoms with Crippen molar-refractivity contribution in [2.45, 2.75) is 83.7 Å². The molecule has 0 aromatic heterocycles. The van der Waals surface area contributed by atoms with Crippen LogP contribution in [-0.2, 0) is 9.53 Å². The summed E-state index contributed by atoms with van der Waals surface area (Å²) in [6.45, 7) is 2.24. The summed E-state index contributed by atoms with van der Waals surface area (Å²) in [4.78, 5) is 12.2. The molecule has 0 amide bonds. The molecule has 3 atom stereocenters. The van der Waals surface area contributed by atoms with E-state index in [-0.39, 0.29) is 11.5 Å². The molecule has 0 aliphatic heterocycles. The van der Waals surface area contributed by atoms with Crippen molar-refractivity contribution in [3.63, 3.8) is 0 Å². The maximum absolute atomic E-state index is 12.2. The second kappa shape index (κ2) is 8.12. The van der Waals surface area contributed by atoms with E-state index in [1.165, 1.54) is 38.5 Å². The minimum atomic E-state index is -0.0223. The Labute approximate surface area is 130 Å². The molecule has 1 spiro atoms. The van der Waals surface area contributed by atoms with Crippen LogP contribution in [0, 0.1) is 11.3 Å². The van der Waals surface area contributed by atoms with Crippen molar-refractivity contribution in [2.24, 2.45) is 11.3 Å². The lowest BCUT2D eigenvalue weighted by molar-refractivity contribution is -0.151. The summed E-state index contributed by atoms with van der Waals surface area (Å²) < 4.78 is 5.76. The highest BCUT2D eigenvalue weighted by Gasteiger charge is 2.54. The Morgan fingerprint density at radius 1 is 1.29 bits per heavy atom. The Bertz CT molecular complexity index is 361. The molecule has 2 nitrogen and oxygen atoms in total. The van der Waals surface area contributed by atoms with E-state index in [9.17, 15) is 4.79 Å². The summed E-state index contributed by atoms with van der Waals surface area (Å²) in [5, 5.41) is 0. The SMILES string of the molecule is CCCCCC/C=C/[C@@H](OC)[C@H]1CCCC[C@@]12CCC2=O. The number of carbonyl (C=O) groups is 1. The highest BCUT2D eigenvalue weighted by atomic mass is 16.5. The number of allylic oxidation sites excluding steroid dienone is 1. The molecule has 21 heavy (non-hydrogen) atoms. The number of hydrogen-bond donors (Lipinski definition) is 0. The van der Waals surface area contributed by atoms with Crippen molar-refractivity contribution < 1.29 is 9.53 Å². The number of methoxy groups -OCH3 is 1. The summed E-state index contributed by atoms with van der Waals surface area (Å²) in [6.07, 6.45) is 17.7. The van der Waals surface area contributed by atoms with E-state index in [4.69, 9.17) is 4.74 Å². The fourth-order valence-electron chi connectivity index (χ4n) is 4.25. The summed E-state index contributed by atoms with van der Waals surface area (Å²) in [5.41, 5.74) is -0.0223. The van der Waals surface area contributed by atoms with Crippen LogP contribution in [0.2, 0.25) is 0 Å². The van der Waals surface area contributed by atoms with E-state index in [0.717, 1.165) is 32.1 Å². The maximum atomic E-state index is 12.2. The normalized spacial score (nSPS) is 30.8. The van der Waals surface area contributed by atoms with Gasteiger partial charge >= 0.3 is 0 Å². The molecular weight excluding hydrogens is 260 g/mol. The number of unbranched alkanes of at least 4 members (excludes halogenated alkanes) is 4. The second-order valence-corrected chi connectivity index (χ2v) is 6.91. The van der Waals surface area contributed by atoms with Crippen LogP contribution in [0.25, 0.3) is 0 Å². The van der Waals surface area contributed by atoms with Crippen LogP contribution < -0.4 is 0 Å². The predicted octanol–water partition coefficient (Wildman–Crippen LogP) is 5.07. The molecule has 0 aromatic carbocycles. The van der Waals surface area contributed by atoms with Crippen molar-refractivity contribution in [1.82, 2.24) is 0 Å². The number of ether oxygens (including phenoxy) is 1. The molecule has 2 heteroatoms. The van der Waals surface area contributed by atoms with Gasteiger partial charge in [-0.25, -0.2) is 0 Å². The molecule has 0 aromatic rings. The van der Waals surface area contributed by atoms with Crippen LogP contribution in [-0.4, -0.2) is 19.0 Å². The number of Topliss-reactive ketones (excluding diaryl/α,β-unsaturated/α-hetero) is 1. The molecule has 2 rings (SSSR count). The van der Waals surface area contributed by atoms with Crippen molar-refractivity contribution in [3.05, 3.63) is 12.2 Å². The van der Waals surface area contributed by atoms with Gasteiger partial charge in [-0.1, -0.05) is 51.2 Å². The molecule has 0 heterocycles. The van der Waals surface area contributed by atoms with E-state index < -0.39 is 0 Å². The van der Waals surface area contributed by atoms with Crippen LogP contribution in [0.15, 0.2) is 12.2 Å². The number of rotatable bonds is 8. The Morgan fingerprint density at radius 2 is 2.14 bits per heavy atom. The van der Waals surface area contributed by atoms with Crippen LogP contribution in [0.4, 0.5) is 0 Å². The first-order valence-electron chi connectivity index (χ1n) is 8.97. The van der Waals surface area contributed by atoms with Crippen molar-refractivity contribution in [1.29, 1.82) is 0 Å². The first-order chi connectivity index (χ1) is 10.2. The summed E-state index contributed by atoms with van der Waals surface area (Å²) in [6, 6.07) is 0. The average Bonchev–Trinajstić information content (AvgIpc) is 2.53. The minimum absolute atomic E-state index is 0.0223. The monoisotopic (exact) mass is 292 g/mol. The molecule has 0 N–H and O–H groups in total. The van der Waals surface area contributed by atoms with E-state index in [0.29, 0.717) is 11.7 Å². The molecule has 0 radical (unpaired) electrons. The lowest BCUT2D eigenvalue weighted by Gasteiger charge is -2.50. The van der Waals surface area contributed by atoms with Gasteiger partial charge in [-0.3, -0.25) is 4.79 Å². The van der Waals surface area contributed by atoms with Gasteiger partial charge in [0.25, 0.3) is 0 Å². The molecule has 0 unspecified atom stereocenters. The molecule has 120 valence electrons. The van der Waals surface area contributed by atoms with E-state index in [1.807, 2.05) is 0 Å². The van der Waals surface area contributed by atoms with Gasteiger partial charge < -0.3 is 4.74 Å². The third kappa shape index (κ3) is 3.77. The largest absolute Gasteiger partial charge is 0.377 e. The Morgan fingerprint density at radius 3 is 2.76 bits per heavy atom. The van der Waals surface area contributed by atoms with E-state index in [1.54, 1.807) is 7.11 Å². The predicted molar refractivity (Wildman–Crippen MR) is 87.3 cm³/mol. The van der Waals surface area contributed by atoms with Gasteiger partial charge in [0.1, 0.15) is 5.78 Å². The fourth-order valence-corrected chi connectivity index (χ4v) is 4.25. The zero-order valence-corrected chi connectivity index (χ0v) is 13.9. The first-order valence-corrected chi connectivity index (χ1v) is 8.97. The van der Waals surface area contributed by atoms with Crippen molar-refractivity contribution in [3.8, 4) is 0 Å². The summed E-state index contributed by atoms with van der Waals surface area (Å²) >= 11 is 0. The maximum Gasteiger partial charge on any atom is 0.139 e. The molecule has 2 aliphatic carbocycles. The van der Waals surface area contributed by atoms with Crippen LogP contribution in [0.3, 0.4) is 0 Å². The van der Waals surface area contributed by atoms with Gasteiger partial charge in [0.2, 0.25) is 0 Å². The molecule has 2 fully saturated rings. The lowest BCUT2D eigenvalue weighted by Crippen LogP contribution is -2.52. The highest BCUT2D eigenvalue weighted by Crippen LogP contribution is 2.54. The molecule has 0 bridgehead atoms. The molecule has 2 saturated carbocycles. The standard InChI is InChI=1S/C19H32O2/c1-3-4-5-6-7-8-12-17(21-2)16-11-9-10-14-19(16)15-13-18(19)20/h8,12,16-17H,3-7,9-11,13-15H2,1-2H3/b12-8+/t16-,17-,19-/m1/s1. The van der Waals surface area contributed by atoms with Gasteiger partial charge in [0.15, 0.2) is 0 Å². The van der Waals surface area contributed by atoms with Crippen LogP contribution in [0.1, 0.15) is 77.6 Å². The molecule has 0 saturated heterocycles. The number of ketones is 1. The second-order valence-electron chi connectivity index (χ2n) is 6.91. The Kier molecular flexibility index (Phi) is 6.47. The third-order valence-electron chi connectivity index (χ3n) is 5.67. The fraction of sp³-hybridized carbons (Fsp3) is 0.842. The topological polar surface area (TPSA) is 26.3 Å². The van der Waals surface area contributed by atoms with Gasteiger partial charge in [0.05, 0.1) is 6.10 Å². The smallest absolute Gasteiger partial charge is 0.139 e. The quantitative estimate of drug-likeness (QED) is 0.461. The zero-order valence-electron chi connectivity index (χ0n) is 13.9. The zero-order chi connectivity index (χ0) is 15.1. The van der Waals surface area contributed by atoms with Crippen molar-refractivity contribution >= 4 is 5.78 Å². The Balaban J connectivity index is 1.89. The number of hydrogen-bond acceptors (Lipinski definition) is 2. The number of carbonyl (C=O) groups excluding carboxylic acids is 1. The van der Waals surface area contributed by atoms with Crippen LogP contribution in [0.5, 0.6) is 0 Å². The Hall–Kier alpha value is -0.630.